The number of H-pyrrole nitrogens is 1. The average molecular weight is 273 g/mol. The van der Waals surface area contributed by atoms with E-state index in [2.05, 4.69) is 44.1 Å². The Hall–Kier alpha value is -1.61. The number of fused-ring (bicyclic) bond motifs is 1. The Morgan fingerprint density at radius 1 is 1.06 bits per heavy atom. The fourth-order valence-corrected chi connectivity index (χ4v) is 2.32. The van der Waals surface area contributed by atoms with Crippen molar-refractivity contribution in [2.75, 3.05) is 0 Å². The largest absolute Gasteiger partial charge is 0.346 e. The molecule has 0 fully saturated rings. The smallest absolute Gasteiger partial charge is 0.138 e. The first-order valence-electron chi connectivity index (χ1n) is 5.03. The summed E-state index contributed by atoms with van der Waals surface area (Å²) in [6, 6.07) is 14.3. The summed E-state index contributed by atoms with van der Waals surface area (Å²) in [6.07, 6.45) is 1.90. The van der Waals surface area contributed by atoms with Crippen LogP contribution >= 0.6 is 15.9 Å². The van der Waals surface area contributed by atoms with Gasteiger partial charge < -0.3 is 4.98 Å². The molecule has 0 spiro atoms. The van der Waals surface area contributed by atoms with Crippen LogP contribution in [0.15, 0.2) is 53.1 Å². The molecule has 0 aliphatic carbocycles. The van der Waals surface area contributed by atoms with Crippen molar-refractivity contribution in [2.24, 2.45) is 0 Å². The van der Waals surface area contributed by atoms with Crippen molar-refractivity contribution in [3.05, 3.63) is 53.1 Å². The first-order valence-corrected chi connectivity index (χ1v) is 5.83. The van der Waals surface area contributed by atoms with Crippen molar-refractivity contribution in [1.82, 2.24) is 9.97 Å². The van der Waals surface area contributed by atoms with Crippen LogP contribution in [-0.4, -0.2) is 9.97 Å². The lowest BCUT2D eigenvalue weighted by molar-refractivity contribution is 1.31. The quantitative estimate of drug-likeness (QED) is 0.713. The first kappa shape index (κ1) is 9.60. The van der Waals surface area contributed by atoms with E-state index in [1.807, 2.05) is 30.5 Å². The zero-order valence-corrected chi connectivity index (χ0v) is 10.0. The van der Waals surface area contributed by atoms with E-state index in [0.717, 1.165) is 26.8 Å². The number of nitrogens with zero attached hydrogens (tertiary/aromatic N) is 1. The maximum atomic E-state index is 4.60. The van der Waals surface area contributed by atoms with Gasteiger partial charge in [0.2, 0.25) is 0 Å². The number of hydrogen-bond donors (Lipinski definition) is 1. The summed E-state index contributed by atoms with van der Waals surface area (Å²) in [7, 11) is 0. The van der Waals surface area contributed by atoms with Crippen molar-refractivity contribution in [3.63, 3.8) is 0 Å². The van der Waals surface area contributed by atoms with E-state index in [0.29, 0.717) is 0 Å². The van der Waals surface area contributed by atoms with Gasteiger partial charge in [0, 0.05) is 21.6 Å². The molecule has 0 saturated carbocycles. The fraction of sp³-hybridized carbons (Fsp3) is 0. The zero-order chi connectivity index (χ0) is 11.0. The lowest BCUT2D eigenvalue weighted by Gasteiger charge is -2.03. The molecule has 0 saturated heterocycles. The van der Waals surface area contributed by atoms with Crippen LogP contribution < -0.4 is 0 Å². The highest BCUT2D eigenvalue weighted by molar-refractivity contribution is 9.10. The molecule has 78 valence electrons. The number of nitrogens with one attached hydrogen (secondary N) is 1. The van der Waals surface area contributed by atoms with Crippen molar-refractivity contribution in [2.45, 2.75) is 0 Å². The van der Waals surface area contributed by atoms with Crippen LogP contribution in [0.1, 0.15) is 0 Å². The second-order valence-electron chi connectivity index (χ2n) is 3.60. The van der Waals surface area contributed by atoms with Gasteiger partial charge in [0.1, 0.15) is 5.65 Å². The average Bonchev–Trinajstić information content (AvgIpc) is 2.76. The topological polar surface area (TPSA) is 28.7 Å². The highest BCUT2D eigenvalue weighted by Gasteiger charge is 2.06. The van der Waals surface area contributed by atoms with E-state index < -0.39 is 0 Å². The number of aromatic nitrogens is 2. The summed E-state index contributed by atoms with van der Waals surface area (Å²) in [6.45, 7) is 0. The van der Waals surface area contributed by atoms with E-state index in [1.54, 1.807) is 0 Å². The van der Waals surface area contributed by atoms with Crippen LogP contribution in [0, 0.1) is 0 Å². The third kappa shape index (κ3) is 1.53. The molecule has 0 unspecified atom stereocenters. The maximum Gasteiger partial charge on any atom is 0.138 e. The first-order chi connectivity index (χ1) is 7.84. The standard InChI is InChI=1S/C13H9BrN2/c14-11-8-10-6-7-15-13(10)16-12(11)9-4-2-1-3-5-9/h1-8H,(H,15,16). The van der Waals surface area contributed by atoms with E-state index >= 15 is 0 Å². The van der Waals surface area contributed by atoms with Crippen LogP contribution in [0.25, 0.3) is 22.3 Å². The molecule has 1 N–H and O–H groups in total. The number of aromatic amines is 1. The van der Waals surface area contributed by atoms with Crippen molar-refractivity contribution in [3.8, 4) is 11.3 Å². The normalized spacial score (nSPS) is 10.8. The number of hydrogen-bond acceptors (Lipinski definition) is 1. The van der Waals surface area contributed by atoms with Crippen LogP contribution in [0.4, 0.5) is 0 Å². The predicted octanol–water partition coefficient (Wildman–Crippen LogP) is 3.99. The molecule has 0 atom stereocenters. The van der Waals surface area contributed by atoms with E-state index in [4.69, 9.17) is 0 Å². The van der Waals surface area contributed by atoms with Crippen LogP contribution in [0.2, 0.25) is 0 Å². The number of rotatable bonds is 1. The molecule has 2 heterocycles. The Kier molecular flexibility index (Phi) is 2.26. The monoisotopic (exact) mass is 272 g/mol. The maximum absolute atomic E-state index is 4.60. The van der Waals surface area contributed by atoms with E-state index in [9.17, 15) is 0 Å². The summed E-state index contributed by atoms with van der Waals surface area (Å²) in [5.74, 6) is 0. The second-order valence-corrected chi connectivity index (χ2v) is 4.45. The molecule has 0 radical (unpaired) electrons. The lowest BCUT2D eigenvalue weighted by Crippen LogP contribution is -1.86. The molecule has 3 aromatic rings. The van der Waals surface area contributed by atoms with Gasteiger partial charge >= 0.3 is 0 Å². The molecule has 3 rings (SSSR count). The van der Waals surface area contributed by atoms with Gasteiger partial charge in [-0.3, -0.25) is 0 Å². The predicted molar refractivity (Wildman–Crippen MR) is 69.2 cm³/mol. The van der Waals surface area contributed by atoms with Gasteiger partial charge in [-0.05, 0) is 28.1 Å². The van der Waals surface area contributed by atoms with Gasteiger partial charge in [0.15, 0.2) is 0 Å². The summed E-state index contributed by atoms with van der Waals surface area (Å²) in [5, 5.41) is 1.12. The molecule has 16 heavy (non-hydrogen) atoms. The molecule has 0 aliphatic rings. The zero-order valence-electron chi connectivity index (χ0n) is 8.44. The number of pyridine rings is 1. The van der Waals surface area contributed by atoms with Crippen LogP contribution in [0.3, 0.4) is 0 Å². The van der Waals surface area contributed by atoms with Crippen molar-refractivity contribution < 1.29 is 0 Å². The van der Waals surface area contributed by atoms with Crippen molar-refractivity contribution in [1.29, 1.82) is 0 Å². The molecule has 0 bridgehead atoms. The minimum absolute atomic E-state index is 0.919. The Labute approximate surface area is 101 Å². The highest BCUT2D eigenvalue weighted by Crippen LogP contribution is 2.28. The highest BCUT2D eigenvalue weighted by atomic mass is 79.9. The molecule has 1 aromatic carbocycles. The molecule has 2 nitrogen and oxygen atoms in total. The molecule has 3 heteroatoms. The molecule has 2 aromatic heterocycles. The molecule has 0 aliphatic heterocycles. The minimum Gasteiger partial charge on any atom is -0.346 e. The summed E-state index contributed by atoms with van der Waals surface area (Å²) in [4.78, 5) is 7.73. The van der Waals surface area contributed by atoms with Crippen LogP contribution in [0.5, 0.6) is 0 Å². The third-order valence-corrected chi connectivity index (χ3v) is 3.14. The Morgan fingerprint density at radius 3 is 2.69 bits per heavy atom. The van der Waals surface area contributed by atoms with Gasteiger partial charge in [0.25, 0.3) is 0 Å². The van der Waals surface area contributed by atoms with Gasteiger partial charge in [0.05, 0.1) is 5.69 Å². The number of halogens is 1. The fourth-order valence-electron chi connectivity index (χ4n) is 1.75. The summed E-state index contributed by atoms with van der Waals surface area (Å²) >= 11 is 3.56. The molecule has 0 amide bonds. The van der Waals surface area contributed by atoms with E-state index in [-0.39, 0.29) is 0 Å². The number of benzene rings is 1. The Balaban J connectivity index is 2.27. The third-order valence-electron chi connectivity index (χ3n) is 2.54. The Bertz CT molecular complexity index is 629. The molecular weight excluding hydrogens is 264 g/mol. The van der Waals surface area contributed by atoms with Crippen LogP contribution in [-0.2, 0) is 0 Å². The summed E-state index contributed by atoms with van der Waals surface area (Å²) in [5.41, 5.74) is 3.00. The minimum atomic E-state index is 0.919. The summed E-state index contributed by atoms with van der Waals surface area (Å²) < 4.78 is 1.02. The molecular formula is C13H9BrN2. The van der Waals surface area contributed by atoms with Gasteiger partial charge in [-0.15, -0.1) is 0 Å². The SMILES string of the molecule is Brc1cc2cc[nH]c2nc1-c1ccccc1. The van der Waals surface area contributed by atoms with Gasteiger partial charge in [-0.1, -0.05) is 30.3 Å². The second kappa shape index (κ2) is 3.76. The van der Waals surface area contributed by atoms with Crippen molar-refractivity contribution >= 4 is 27.0 Å². The lowest BCUT2D eigenvalue weighted by atomic mass is 10.1. The van der Waals surface area contributed by atoms with Gasteiger partial charge in [-0.2, -0.15) is 0 Å². The van der Waals surface area contributed by atoms with E-state index in [1.165, 1.54) is 0 Å². The van der Waals surface area contributed by atoms with Gasteiger partial charge in [-0.25, -0.2) is 4.98 Å². The Morgan fingerprint density at radius 2 is 1.88 bits per heavy atom.